The fourth-order valence-electron chi connectivity index (χ4n) is 1.94. The van der Waals surface area contributed by atoms with Gasteiger partial charge in [0.15, 0.2) is 13.2 Å². The van der Waals surface area contributed by atoms with Crippen LogP contribution in [0.4, 0.5) is 5.69 Å². The molecule has 0 fully saturated rings. The van der Waals surface area contributed by atoms with Crippen molar-refractivity contribution in [3.05, 3.63) is 59.1 Å². The molecule has 0 saturated heterocycles. The van der Waals surface area contributed by atoms with E-state index in [0.717, 1.165) is 0 Å². The van der Waals surface area contributed by atoms with Gasteiger partial charge in [-0.25, -0.2) is 4.79 Å². The third-order valence-corrected chi connectivity index (χ3v) is 3.42. The molecule has 136 valence electrons. The van der Waals surface area contributed by atoms with Crippen LogP contribution >= 0.6 is 11.6 Å². The van der Waals surface area contributed by atoms with Crippen molar-refractivity contribution in [1.29, 1.82) is 0 Å². The maximum absolute atomic E-state index is 11.8. The SMILES string of the molecule is CNC(=O)c1cccc(NC(=O)COC(=O)COc2ccc(Cl)cc2)c1. The second-order valence-corrected chi connectivity index (χ2v) is 5.55. The van der Waals surface area contributed by atoms with Crippen molar-refractivity contribution in [3.8, 4) is 5.75 Å². The van der Waals surface area contributed by atoms with Gasteiger partial charge in [-0.2, -0.15) is 0 Å². The number of esters is 1. The van der Waals surface area contributed by atoms with Crippen molar-refractivity contribution in [2.75, 3.05) is 25.6 Å². The molecule has 2 aromatic rings. The lowest BCUT2D eigenvalue weighted by Crippen LogP contribution is -2.24. The predicted molar refractivity (Wildman–Crippen MR) is 96.4 cm³/mol. The Balaban J connectivity index is 1.76. The van der Waals surface area contributed by atoms with Crippen LogP contribution in [0, 0.1) is 0 Å². The lowest BCUT2D eigenvalue weighted by atomic mass is 10.2. The van der Waals surface area contributed by atoms with Crippen molar-refractivity contribution < 1.29 is 23.9 Å². The number of hydrogen-bond donors (Lipinski definition) is 2. The van der Waals surface area contributed by atoms with Gasteiger partial charge in [0.25, 0.3) is 11.8 Å². The number of amides is 2. The Bertz CT molecular complexity index is 792. The molecule has 0 bridgehead atoms. The molecule has 0 spiro atoms. The minimum atomic E-state index is -0.686. The molecule has 0 radical (unpaired) electrons. The fourth-order valence-corrected chi connectivity index (χ4v) is 2.07. The fraction of sp³-hybridized carbons (Fsp3) is 0.167. The van der Waals surface area contributed by atoms with Crippen LogP contribution in [0.1, 0.15) is 10.4 Å². The summed E-state index contributed by atoms with van der Waals surface area (Å²) in [6, 6.07) is 12.9. The normalized spacial score (nSPS) is 9.92. The van der Waals surface area contributed by atoms with Crippen LogP contribution in [0.2, 0.25) is 5.02 Å². The average molecular weight is 377 g/mol. The van der Waals surface area contributed by atoms with Gasteiger partial charge in [-0.05, 0) is 42.5 Å². The number of hydrogen-bond acceptors (Lipinski definition) is 5. The Labute approximate surface area is 155 Å². The van der Waals surface area contributed by atoms with E-state index < -0.39 is 18.5 Å². The first-order valence-electron chi connectivity index (χ1n) is 7.64. The van der Waals surface area contributed by atoms with Gasteiger partial charge in [0.05, 0.1) is 0 Å². The van der Waals surface area contributed by atoms with Gasteiger partial charge in [0.2, 0.25) is 0 Å². The average Bonchev–Trinajstić information content (AvgIpc) is 2.65. The summed E-state index contributed by atoms with van der Waals surface area (Å²) in [5, 5.41) is 5.59. The number of carbonyl (C=O) groups is 3. The van der Waals surface area contributed by atoms with Gasteiger partial charge < -0.3 is 20.1 Å². The standard InChI is InChI=1S/C18H17ClN2O5/c1-20-18(24)12-3-2-4-14(9-12)21-16(22)10-26-17(23)11-25-15-7-5-13(19)6-8-15/h2-9H,10-11H2,1H3,(H,20,24)(H,21,22). The van der Waals surface area contributed by atoms with Crippen LogP contribution in [0.5, 0.6) is 5.75 Å². The number of rotatable bonds is 7. The van der Waals surface area contributed by atoms with E-state index in [2.05, 4.69) is 10.6 Å². The van der Waals surface area contributed by atoms with Crippen LogP contribution in [0.15, 0.2) is 48.5 Å². The summed E-state index contributed by atoms with van der Waals surface area (Å²) in [5.74, 6) is -1.03. The van der Waals surface area contributed by atoms with Crippen LogP contribution in [-0.4, -0.2) is 38.0 Å². The van der Waals surface area contributed by atoms with E-state index >= 15 is 0 Å². The Morgan fingerprint density at radius 3 is 2.46 bits per heavy atom. The summed E-state index contributed by atoms with van der Waals surface area (Å²) >= 11 is 5.75. The van der Waals surface area contributed by atoms with Crippen LogP contribution < -0.4 is 15.4 Å². The smallest absolute Gasteiger partial charge is 0.344 e. The molecule has 0 aromatic heterocycles. The molecule has 0 atom stereocenters. The number of ether oxygens (including phenoxy) is 2. The molecule has 2 aromatic carbocycles. The number of carbonyl (C=O) groups excluding carboxylic acids is 3. The van der Waals surface area contributed by atoms with Crippen LogP contribution in [0.3, 0.4) is 0 Å². The summed E-state index contributed by atoms with van der Waals surface area (Å²) in [7, 11) is 1.51. The minimum absolute atomic E-state index is 0.271. The highest BCUT2D eigenvalue weighted by Gasteiger charge is 2.10. The zero-order valence-corrected chi connectivity index (χ0v) is 14.7. The summed E-state index contributed by atoms with van der Waals surface area (Å²) in [6.07, 6.45) is 0. The quantitative estimate of drug-likeness (QED) is 0.723. The lowest BCUT2D eigenvalue weighted by Gasteiger charge is -2.09. The molecule has 0 unspecified atom stereocenters. The Kier molecular flexibility index (Phi) is 6.99. The molecule has 2 rings (SSSR count). The molecule has 2 amide bonds. The summed E-state index contributed by atoms with van der Waals surface area (Å²) < 4.78 is 10.1. The van der Waals surface area contributed by atoms with E-state index in [0.29, 0.717) is 22.0 Å². The van der Waals surface area contributed by atoms with Crippen LogP contribution in [-0.2, 0) is 14.3 Å². The molecule has 0 aliphatic heterocycles. The summed E-state index contributed by atoms with van der Waals surface area (Å²) in [4.78, 5) is 35.0. The first-order valence-corrected chi connectivity index (χ1v) is 8.01. The molecule has 26 heavy (non-hydrogen) atoms. The summed E-state index contributed by atoms with van der Waals surface area (Å²) in [5.41, 5.74) is 0.822. The highest BCUT2D eigenvalue weighted by molar-refractivity contribution is 6.30. The van der Waals surface area contributed by atoms with E-state index in [4.69, 9.17) is 21.1 Å². The van der Waals surface area contributed by atoms with E-state index in [1.807, 2.05) is 0 Å². The first-order chi connectivity index (χ1) is 12.5. The second kappa shape index (κ2) is 9.43. The third-order valence-electron chi connectivity index (χ3n) is 3.17. The number of halogens is 1. The first kappa shape index (κ1) is 19.3. The molecule has 8 heteroatoms. The van der Waals surface area contributed by atoms with Gasteiger partial charge in [-0.15, -0.1) is 0 Å². The molecule has 7 nitrogen and oxygen atoms in total. The molecule has 0 heterocycles. The molecular formula is C18H17ClN2O5. The zero-order valence-electron chi connectivity index (χ0n) is 14.0. The highest BCUT2D eigenvalue weighted by Crippen LogP contribution is 2.15. The van der Waals surface area contributed by atoms with Gasteiger partial charge in [-0.1, -0.05) is 17.7 Å². The number of anilines is 1. The Morgan fingerprint density at radius 2 is 1.77 bits per heavy atom. The maximum Gasteiger partial charge on any atom is 0.344 e. The lowest BCUT2D eigenvalue weighted by molar-refractivity contribution is -0.149. The molecule has 2 N–H and O–H groups in total. The second-order valence-electron chi connectivity index (χ2n) is 5.11. The number of nitrogens with one attached hydrogen (secondary N) is 2. The zero-order chi connectivity index (χ0) is 18.9. The topological polar surface area (TPSA) is 93.7 Å². The molecular weight excluding hydrogens is 360 g/mol. The van der Waals surface area contributed by atoms with Crippen molar-refractivity contribution in [2.45, 2.75) is 0 Å². The van der Waals surface area contributed by atoms with Crippen LogP contribution in [0.25, 0.3) is 0 Å². The highest BCUT2D eigenvalue weighted by atomic mass is 35.5. The van der Waals surface area contributed by atoms with Crippen molar-refractivity contribution in [1.82, 2.24) is 5.32 Å². The van der Waals surface area contributed by atoms with Gasteiger partial charge in [0.1, 0.15) is 5.75 Å². The molecule has 0 aliphatic carbocycles. The van der Waals surface area contributed by atoms with Crippen molar-refractivity contribution in [3.63, 3.8) is 0 Å². The minimum Gasteiger partial charge on any atom is -0.482 e. The summed E-state index contributed by atoms with van der Waals surface area (Å²) in [6.45, 7) is -0.798. The largest absolute Gasteiger partial charge is 0.482 e. The third kappa shape index (κ3) is 6.10. The van der Waals surface area contributed by atoms with Crippen molar-refractivity contribution >= 4 is 35.1 Å². The molecule has 0 aliphatic rings. The Hall–Kier alpha value is -3.06. The van der Waals surface area contributed by atoms with E-state index in [-0.39, 0.29) is 12.5 Å². The predicted octanol–water partition coefficient (Wildman–Crippen LogP) is 2.26. The monoisotopic (exact) mass is 376 g/mol. The maximum atomic E-state index is 11.8. The van der Waals surface area contributed by atoms with E-state index in [1.54, 1.807) is 42.5 Å². The van der Waals surface area contributed by atoms with Gasteiger partial charge in [0, 0.05) is 23.3 Å². The van der Waals surface area contributed by atoms with E-state index in [9.17, 15) is 14.4 Å². The molecule has 0 saturated carbocycles. The van der Waals surface area contributed by atoms with Crippen molar-refractivity contribution in [2.24, 2.45) is 0 Å². The van der Waals surface area contributed by atoms with E-state index in [1.165, 1.54) is 13.1 Å². The van der Waals surface area contributed by atoms with Gasteiger partial charge in [-0.3, -0.25) is 9.59 Å². The number of benzene rings is 2. The Morgan fingerprint density at radius 1 is 1.04 bits per heavy atom. The van der Waals surface area contributed by atoms with Gasteiger partial charge >= 0.3 is 5.97 Å².